The Balaban J connectivity index is 3.27. The fourth-order valence-electron chi connectivity index (χ4n) is 0.220. The van der Waals surface area contributed by atoms with Gasteiger partial charge in [-0.2, -0.15) is 0 Å². The summed E-state index contributed by atoms with van der Waals surface area (Å²) in [6.45, 7) is 5.43. The first kappa shape index (κ1) is 6.15. The molecule has 1 heteroatoms. The van der Waals surface area contributed by atoms with Crippen LogP contribution in [-0.4, -0.2) is 6.21 Å². The molecule has 0 aromatic carbocycles. The molecule has 7 heavy (non-hydrogen) atoms. The molecule has 0 unspecified atom stereocenters. The molecule has 0 atom stereocenters. The van der Waals surface area contributed by atoms with Gasteiger partial charge in [0.1, 0.15) is 0 Å². The van der Waals surface area contributed by atoms with Crippen LogP contribution >= 0.6 is 0 Å². The molecule has 0 bridgehead atoms. The Morgan fingerprint density at radius 3 is 2.71 bits per heavy atom. The Hall–Kier alpha value is -0.850. The molecule has 1 nitrogen and oxygen atoms in total. The van der Waals surface area contributed by atoms with Crippen molar-refractivity contribution in [1.82, 2.24) is 0 Å². The van der Waals surface area contributed by atoms with Gasteiger partial charge >= 0.3 is 0 Å². The van der Waals surface area contributed by atoms with Gasteiger partial charge in [0.15, 0.2) is 12.4 Å². The van der Waals surface area contributed by atoms with Gasteiger partial charge in [0.25, 0.3) is 0 Å². The van der Waals surface area contributed by atoms with Crippen molar-refractivity contribution in [3.8, 4) is 0 Å². The summed E-state index contributed by atoms with van der Waals surface area (Å²) in [7, 11) is 0. The van der Waals surface area contributed by atoms with Crippen LogP contribution < -0.4 is 4.99 Å². The highest BCUT2D eigenvalue weighted by Crippen LogP contribution is 1.46. The predicted octanol–water partition coefficient (Wildman–Crippen LogP) is -0.143. The van der Waals surface area contributed by atoms with E-state index in [1.165, 1.54) is 0 Å². The van der Waals surface area contributed by atoms with Crippen LogP contribution in [0.1, 0.15) is 6.92 Å². The van der Waals surface area contributed by atoms with E-state index in [1.807, 2.05) is 19.2 Å². The fraction of sp³-hybridized carbons (Fsp3) is 0.167. The lowest BCUT2D eigenvalue weighted by Gasteiger charge is -1.58. The van der Waals surface area contributed by atoms with Crippen LogP contribution in [0, 0.1) is 0 Å². The molecule has 0 heterocycles. The molecule has 1 N–H and O–H groups in total. The third-order valence-electron chi connectivity index (χ3n) is 0.477. The van der Waals surface area contributed by atoms with Crippen molar-refractivity contribution in [2.24, 2.45) is 0 Å². The highest BCUT2D eigenvalue weighted by molar-refractivity contribution is 5.64. The van der Waals surface area contributed by atoms with Gasteiger partial charge in [-0.25, -0.2) is 4.99 Å². The zero-order valence-electron chi connectivity index (χ0n) is 4.52. The van der Waals surface area contributed by atoms with Crippen molar-refractivity contribution < 1.29 is 4.99 Å². The van der Waals surface area contributed by atoms with Gasteiger partial charge in [-0.1, -0.05) is 6.58 Å². The Labute approximate surface area is 44.1 Å². The third-order valence-corrected chi connectivity index (χ3v) is 0.477. The summed E-state index contributed by atoms with van der Waals surface area (Å²) < 4.78 is 0. The van der Waals surface area contributed by atoms with Crippen molar-refractivity contribution in [2.75, 3.05) is 0 Å². The maximum atomic E-state index is 3.48. The first-order valence-corrected chi connectivity index (χ1v) is 2.23. The fourth-order valence-corrected chi connectivity index (χ4v) is 0.220. The molecule has 0 aromatic rings. The Bertz CT molecular complexity index is 90.4. The van der Waals surface area contributed by atoms with Crippen molar-refractivity contribution in [3.05, 3.63) is 24.9 Å². The lowest BCUT2D eigenvalue weighted by molar-refractivity contribution is -0.365. The van der Waals surface area contributed by atoms with E-state index in [2.05, 4.69) is 11.6 Å². The summed E-state index contributed by atoms with van der Waals surface area (Å²) in [6.07, 6.45) is 7.21. The molecule has 0 saturated carbocycles. The van der Waals surface area contributed by atoms with E-state index in [0.29, 0.717) is 0 Å². The maximum absolute atomic E-state index is 3.48. The van der Waals surface area contributed by atoms with E-state index in [4.69, 9.17) is 0 Å². The number of rotatable bonds is 2. The number of hydrogen-bond acceptors (Lipinski definition) is 0. The summed E-state index contributed by atoms with van der Waals surface area (Å²) >= 11 is 0. The van der Waals surface area contributed by atoms with Crippen LogP contribution in [0.25, 0.3) is 0 Å². The van der Waals surface area contributed by atoms with Gasteiger partial charge < -0.3 is 0 Å². The number of allylic oxidation sites excluding steroid dienone is 2. The molecule has 0 saturated heterocycles. The summed E-state index contributed by atoms with van der Waals surface area (Å²) in [5, 5.41) is 0. The second-order valence-corrected chi connectivity index (χ2v) is 1.07. The van der Waals surface area contributed by atoms with E-state index in [0.717, 1.165) is 0 Å². The van der Waals surface area contributed by atoms with E-state index in [9.17, 15) is 0 Å². The van der Waals surface area contributed by atoms with Gasteiger partial charge in [-0.05, 0) is 19.1 Å². The lowest BCUT2D eigenvalue weighted by Crippen LogP contribution is -2.60. The first-order valence-electron chi connectivity index (χ1n) is 2.23. The van der Waals surface area contributed by atoms with Crippen molar-refractivity contribution in [3.63, 3.8) is 0 Å². The monoisotopic (exact) mass is 96.1 g/mol. The molecular formula is C6H10N+. The highest BCUT2D eigenvalue weighted by Gasteiger charge is 1.60. The highest BCUT2D eigenvalue weighted by atomic mass is 14.6. The summed E-state index contributed by atoms with van der Waals surface area (Å²) in [5.74, 6) is 0. The van der Waals surface area contributed by atoms with Crippen LogP contribution in [0.2, 0.25) is 0 Å². The van der Waals surface area contributed by atoms with Gasteiger partial charge in [-0.3, -0.25) is 0 Å². The van der Waals surface area contributed by atoms with E-state index in [1.54, 1.807) is 12.3 Å². The average Bonchev–Trinajstić information content (AvgIpc) is 1.69. The number of nitrogens with one attached hydrogen (secondary N) is 1. The quantitative estimate of drug-likeness (QED) is 0.460. The Kier molecular flexibility index (Phi) is 4.52. The minimum absolute atomic E-state index is 1.69. The van der Waals surface area contributed by atoms with E-state index >= 15 is 0 Å². The summed E-state index contributed by atoms with van der Waals surface area (Å²) in [4.78, 5) is 2.86. The van der Waals surface area contributed by atoms with Gasteiger partial charge in [0.05, 0.1) is 0 Å². The maximum Gasteiger partial charge on any atom is 0.166 e. The normalized spacial score (nSPS) is 11.0. The third kappa shape index (κ3) is 5.15. The first-order chi connectivity index (χ1) is 3.41. The minimum Gasteiger partial charge on any atom is -0.218 e. The molecule has 0 amide bonds. The molecule has 38 valence electrons. The second kappa shape index (κ2) is 5.15. The second-order valence-electron chi connectivity index (χ2n) is 1.07. The molecule has 0 aliphatic carbocycles. The molecule has 0 aliphatic heterocycles. The SMILES string of the molecule is C=CC=[NH+]/C=C\C. The predicted molar refractivity (Wildman–Crippen MR) is 32.0 cm³/mol. The minimum atomic E-state index is 1.69. The summed E-state index contributed by atoms with van der Waals surface area (Å²) in [5.41, 5.74) is 0. The van der Waals surface area contributed by atoms with Crippen LogP contribution in [0.3, 0.4) is 0 Å². The van der Waals surface area contributed by atoms with Crippen molar-refractivity contribution in [1.29, 1.82) is 0 Å². The van der Waals surface area contributed by atoms with Crippen molar-refractivity contribution in [2.45, 2.75) is 6.92 Å². The lowest BCUT2D eigenvalue weighted by atomic mass is 10.7. The molecule has 0 radical (unpaired) electrons. The molecule has 0 rings (SSSR count). The molecular weight excluding hydrogens is 86.1 g/mol. The van der Waals surface area contributed by atoms with Gasteiger partial charge in [0, 0.05) is 0 Å². The Morgan fingerprint density at radius 1 is 1.57 bits per heavy atom. The molecule has 0 aliphatic rings. The molecule has 0 spiro atoms. The summed E-state index contributed by atoms with van der Waals surface area (Å²) in [6, 6.07) is 0. The topological polar surface area (TPSA) is 14.0 Å². The van der Waals surface area contributed by atoms with E-state index in [-0.39, 0.29) is 0 Å². The van der Waals surface area contributed by atoms with Crippen LogP contribution in [0.5, 0.6) is 0 Å². The number of hydrogen-bond donors (Lipinski definition) is 1. The molecule has 0 aromatic heterocycles. The van der Waals surface area contributed by atoms with Crippen LogP contribution in [0.4, 0.5) is 0 Å². The smallest absolute Gasteiger partial charge is 0.166 e. The largest absolute Gasteiger partial charge is 0.218 e. The Morgan fingerprint density at radius 2 is 2.29 bits per heavy atom. The van der Waals surface area contributed by atoms with Gasteiger partial charge in [0.2, 0.25) is 0 Å². The molecule has 0 fully saturated rings. The van der Waals surface area contributed by atoms with E-state index < -0.39 is 0 Å². The van der Waals surface area contributed by atoms with Crippen LogP contribution in [-0.2, 0) is 0 Å². The van der Waals surface area contributed by atoms with Crippen molar-refractivity contribution >= 4 is 6.21 Å². The standard InChI is InChI=1S/C6H9N/c1-3-5-7-6-4-2/h3-6H,1H2,2H3/p+1/b6-4-,7-5?. The average molecular weight is 96.2 g/mol. The zero-order valence-corrected chi connectivity index (χ0v) is 4.52. The van der Waals surface area contributed by atoms with Gasteiger partial charge in [-0.15, -0.1) is 0 Å². The zero-order chi connectivity index (χ0) is 5.54. The van der Waals surface area contributed by atoms with Crippen LogP contribution in [0.15, 0.2) is 24.9 Å².